The third-order valence-corrected chi connectivity index (χ3v) is 3.84. The Kier molecular flexibility index (Phi) is 2.91. The molecule has 0 aromatic heterocycles. The summed E-state index contributed by atoms with van der Waals surface area (Å²) >= 11 is 0. The summed E-state index contributed by atoms with van der Waals surface area (Å²) in [6, 6.07) is -0.593. The summed E-state index contributed by atoms with van der Waals surface area (Å²) in [4.78, 5) is 36.5. The molecule has 1 unspecified atom stereocenters. The van der Waals surface area contributed by atoms with Crippen molar-refractivity contribution in [3.63, 3.8) is 0 Å². The molecule has 2 rings (SSSR count). The van der Waals surface area contributed by atoms with Gasteiger partial charge >= 0.3 is 0 Å². The Morgan fingerprint density at radius 1 is 1.53 bits per heavy atom. The zero-order chi connectivity index (χ0) is 12.6. The molecule has 1 saturated carbocycles. The quantitative estimate of drug-likeness (QED) is 0.604. The Balaban J connectivity index is 2.18. The number of piperazine rings is 1. The highest BCUT2D eigenvalue weighted by Crippen LogP contribution is 2.42. The molecule has 0 aromatic rings. The second kappa shape index (κ2) is 4.10. The number of nitrogens with zero attached hydrogens (tertiary/aromatic N) is 1. The maximum atomic E-state index is 12.3. The van der Waals surface area contributed by atoms with Gasteiger partial charge in [0.05, 0.1) is 5.41 Å². The zero-order valence-corrected chi connectivity index (χ0v) is 9.86. The second-order valence-electron chi connectivity index (χ2n) is 4.86. The van der Waals surface area contributed by atoms with Crippen LogP contribution >= 0.6 is 0 Å². The van der Waals surface area contributed by atoms with Gasteiger partial charge in [-0.3, -0.25) is 19.7 Å². The van der Waals surface area contributed by atoms with Crippen LogP contribution in [0.5, 0.6) is 0 Å². The van der Waals surface area contributed by atoms with E-state index in [1.165, 1.54) is 4.90 Å². The Morgan fingerprint density at radius 2 is 2.18 bits per heavy atom. The van der Waals surface area contributed by atoms with Gasteiger partial charge in [-0.2, -0.15) is 0 Å². The standard InChI is InChI=1S/C11H17N3O3/c1-7-9(16)13-8(15)5-14(7)10(17)11(6-12)3-2-4-11/h7H,2-6,12H2,1H3,(H,13,15,16). The van der Waals surface area contributed by atoms with E-state index in [4.69, 9.17) is 5.73 Å². The number of carbonyl (C=O) groups excluding carboxylic acids is 3. The molecule has 1 heterocycles. The van der Waals surface area contributed by atoms with E-state index in [0.29, 0.717) is 0 Å². The fourth-order valence-electron chi connectivity index (χ4n) is 2.38. The van der Waals surface area contributed by atoms with E-state index in [9.17, 15) is 14.4 Å². The normalized spacial score (nSPS) is 27.4. The molecule has 1 aliphatic heterocycles. The van der Waals surface area contributed by atoms with Crippen molar-refractivity contribution in [1.29, 1.82) is 0 Å². The first-order valence-corrected chi connectivity index (χ1v) is 5.85. The summed E-state index contributed by atoms with van der Waals surface area (Å²) < 4.78 is 0. The minimum absolute atomic E-state index is 0.0481. The third-order valence-electron chi connectivity index (χ3n) is 3.84. The Morgan fingerprint density at radius 3 is 2.65 bits per heavy atom. The van der Waals surface area contributed by atoms with E-state index in [2.05, 4.69) is 5.32 Å². The Labute approximate surface area is 99.5 Å². The van der Waals surface area contributed by atoms with Crippen LogP contribution in [-0.4, -0.2) is 41.8 Å². The number of amides is 3. The van der Waals surface area contributed by atoms with Crippen molar-refractivity contribution in [3.8, 4) is 0 Å². The first-order chi connectivity index (χ1) is 8.00. The lowest BCUT2D eigenvalue weighted by molar-refractivity contribution is -0.158. The number of hydrogen-bond acceptors (Lipinski definition) is 4. The number of imide groups is 1. The van der Waals surface area contributed by atoms with Crippen LogP contribution in [-0.2, 0) is 14.4 Å². The minimum atomic E-state index is -0.593. The average Bonchev–Trinajstić information content (AvgIpc) is 2.22. The van der Waals surface area contributed by atoms with E-state index in [0.717, 1.165) is 19.3 Å². The van der Waals surface area contributed by atoms with E-state index in [-0.39, 0.29) is 19.0 Å². The van der Waals surface area contributed by atoms with Gasteiger partial charge in [-0.25, -0.2) is 0 Å². The largest absolute Gasteiger partial charge is 0.329 e. The number of carbonyl (C=O) groups is 3. The van der Waals surface area contributed by atoms with Crippen molar-refractivity contribution >= 4 is 17.7 Å². The van der Waals surface area contributed by atoms with Crippen LogP contribution in [0.15, 0.2) is 0 Å². The highest BCUT2D eigenvalue weighted by Gasteiger charge is 2.48. The molecule has 0 radical (unpaired) electrons. The topological polar surface area (TPSA) is 92.5 Å². The van der Waals surface area contributed by atoms with Gasteiger partial charge in [0.25, 0.3) is 0 Å². The molecule has 6 nitrogen and oxygen atoms in total. The lowest BCUT2D eigenvalue weighted by atomic mass is 9.67. The van der Waals surface area contributed by atoms with Gasteiger partial charge in [0.2, 0.25) is 17.7 Å². The van der Waals surface area contributed by atoms with Crippen molar-refractivity contribution in [2.45, 2.75) is 32.2 Å². The summed E-state index contributed by atoms with van der Waals surface area (Å²) in [5, 5.41) is 2.22. The molecule has 1 saturated heterocycles. The first kappa shape index (κ1) is 12.0. The number of nitrogens with one attached hydrogen (secondary N) is 1. The molecule has 3 N–H and O–H groups in total. The molecular formula is C11H17N3O3. The van der Waals surface area contributed by atoms with Gasteiger partial charge in [-0.05, 0) is 19.8 Å². The van der Waals surface area contributed by atoms with Crippen molar-refractivity contribution in [1.82, 2.24) is 10.2 Å². The zero-order valence-electron chi connectivity index (χ0n) is 9.86. The monoisotopic (exact) mass is 239 g/mol. The smallest absolute Gasteiger partial charge is 0.249 e. The fraction of sp³-hybridized carbons (Fsp3) is 0.727. The van der Waals surface area contributed by atoms with Crippen molar-refractivity contribution in [2.75, 3.05) is 13.1 Å². The number of hydrogen-bond donors (Lipinski definition) is 2. The van der Waals surface area contributed by atoms with Crippen LogP contribution in [0.2, 0.25) is 0 Å². The highest BCUT2D eigenvalue weighted by atomic mass is 16.2. The second-order valence-corrected chi connectivity index (χ2v) is 4.86. The van der Waals surface area contributed by atoms with Gasteiger partial charge in [-0.15, -0.1) is 0 Å². The van der Waals surface area contributed by atoms with Gasteiger partial charge in [0.15, 0.2) is 0 Å². The van der Waals surface area contributed by atoms with Crippen LogP contribution in [0.3, 0.4) is 0 Å². The van der Waals surface area contributed by atoms with E-state index < -0.39 is 23.3 Å². The Hall–Kier alpha value is -1.43. The summed E-state index contributed by atoms with van der Waals surface area (Å²) in [7, 11) is 0. The molecule has 2 fully saturated rings. The van der Waals surface area contributed by atoms with Crippen LogP contribution in [0.25, 0.3) is 0 Å². The fourth-order valence-corrected chi connectivity index (χ4v) is 2.38. The summed E-state index contributed by atoms with van der Waals surface area (Å²) in [6.45, 7) is 1.86. The van der Waals surface area contributed by atoms with Crippen LogP contribution < -0.4 is 11.1 Å². The number of rotatable bonds is 2. The van der Waals surface area contributed by atoms with Crippen LogP contribution in [0.1, 0.15) is 26.2 Å². The van der Waals surface area contributed by atoms with Crippen molar-refractivity contribution in [3.05, 3.63) is 0 Å². The maximum absolute atomic E-state index is 12.3. The molecule has 94 valence electrons. The predicted molar refractivity (Wildman–Crippen MR) is 59.7 cm³/mol. The van der Waals surface area contributed by atoms with Gasteiger partial charge in [0.1, 0.15) is 12.6 Å². The minimum Gasteiger partial charge on any atom is -0.329 e. The highest BCUT2D eigenvalue weighted by molar-refractivity contribution is 6.04. The molecular weight excluding hydrogens is 222 g/mol. The lowest BCUT2D eigenvalue weighted by Gasteiger charge is -2.44. The lowest BCUT2D eigenvalue weighted by Crippen LogP contribution is -2.63. The summed E-state index contributed by atoms with van der Waals surface area (Å²) in [5.74, 6) is -0.990. The molecule has 0 bridgehead atoms. The number of nitrogens with two attached hydrogens (primary N) is 1. The van der Waals surface area contributed by atoms with Gasteiger partial charge in [-0.1, -0.05) is 6.42 Å². The van der Waals surface area contributed by atoms with Gasteiger partial charge in [0, 0.05) is 6.54 Å². The first-order valence-electron chi connectivity index (χ1n) is 5.85. The third kappa shape index (κ3) is 1.82. The Bertz CT molecular complexity index is 371. The molecule has 6 heteroatoms. The van der Waals surface area contributed by atoms with Crippen LogP contribution in [0, 0.1) is 5.41 Å². The molecule has 0 spiro atoms. The molecule has 3 amide bonds. The summed E-state index contributed by atoms with van der Waals surface area (Å²) in [6.07, 6.45) is 2.48. The van der Waals surface area contributed by atoms with E-state index in [1.54, 1.807) is 6.92 Å². The van der Waals surface area contributed by atoms with E-state index in [1.807, 2.05) is 0 Å². The SMILES string of the molecule is CC1C(=O)NC(=O)CN1C(=O)C1(CN)CCC1. The average molecular weight is 239 g/mol. The molecule has 0 aromatic carbocycles. The molecule has 1 aliphatic carbocycles. The van der Waals surface area contributed by atoms with Crippen LogP contribution in [0.4, 0.5) is 0 Å². The van der Waals surface area contributed by atoms with E-state index >= 15 is 0 Å². The van der Waals surface area contributed by atoms with Crippen molar-refractivity contribution in [2.24, 2.45) is 11.1 Å². The predicted octanol–water partition coefficient (Wildman–Crippen LogP) is -1.01. The summed E-state index contributed by atoms with van der Waals surface area (Å²) in [5.41, 5.74) is 5.12. The molecule has 17 heavy (non-hydrogen) atoms. The maximum Gasteiger partial charge on any atom is 0.249 e. The molecule has 2 aliphatic rings. The van der Waals surface area contributed by atoms with Crippen molar-refractivity contribution < 1.29 is 14.4 Å². The molecule has 1 atom stereocenters. The van der Waals surface area contributed by atoms with Gasteiger partial charge < -0.3 is 10.6 Å².